The monoisotopic (exact) mass is 288 g/mol. The number of hydrogen-bond acceptors (Lipinski definition) is 3. The van der Waals surface area contributed by atoms with Crippen LogP contribution in [0.2, 0.25) is 0 Å². The van der Waals surface area contributed by atoms with E-state index in [0.29, 0.717) is 10.6 Å². The Morgan fingerprint density at radius 2 is 1.90 bits per heavy atom. The summed E-state index contributed by atoms with van der Waals surface area (Å²) in [5.41, 5.74) is -2.38. The van der Waals surface area contributed by atoms with E-state index in [0.717, 1.165) is 16.7 Å². The lowest BCUT2D eigenvalue weighted by atomic mass is 10.1. The van der Waals surface area contributed by atoms with Crippen LogP contribution in [-0.2, 0) is 19.8 Å². The molecule has 0 spiro atoms. The van der Waals surface area contributed by atoms with Crippen molar-refractivity contribution < 1.29 is 18.3 Å². The lowest BCUT2D eigenvalue weighted by Crippen LogP contribution is -2.39. The van der Waals surface area contributed by atoms with Crippen LogP contribution in [0.4, 0.5) is 13.2 Å². The molecule has 0 saturated heterocycles. The Morgan fingerprint density at radius 3 is 2.45 bits per heavy atom. The maximum absolute atomic E-state index is 12.7. The van der Waals surface area contributed by atoms with Crippen molar-refractivity contribution in [1.82, 2.24) is 9.13 Å². The molecule has 5 nitrogen and oxygen atoms in total. The molecule has 108 valence electrons. The smallest absolute Gasteiger partial charge is 0.395 e. The molecule has 0 aliphatic rings. The summed E-state index contributed by atoms with van der Waals surface area (Å²) in [7, 11) is 1.35. The molecule has 2 rings (SSSR count). The molecule has 0 aliphatic carbocycles. The Morgan fingerprint density at radius 1 is 1.25 bits per heavy atom. The predicted octanol–water partition coefficient (Wildman–Crippen LogP) is 0.711. The Balaban J connectivity index is 2.88. The lowest BCUT2D eigenvalue weighted by Gasteiger charge is -2.12. The molecule has 1 aromatic carbocycles. The summed E-state index contributed by atoms with van der Waals surface area (Å²) in [5.74, 6) is 0. The summed E-state index contributed by atoms with van der Waals surface area (Å²) in [6.45, 7) is -0.725. The first kappa shape index (κ1) is 14.3. The second-order valence-corrected chi connectivity index (χ2v) is 4.25. The van der Waals surface area contributed by atoms with Crippen LogP contribution in [0, 0.1) is 0 Å². The topological polar surface area (TPSA) is 64.2 Å². The van der Waals surface area contributed by atoms with E-state index in [9.17, 15) is 22.8 Å². The molecule has 0 saturated carbocycles. The van der Waals surface area contributed by atoms with Crippen molar-refractivity contribution >= 4 is 10.9 Å². The highest BCUT2D eigenvalue weighted by atomic mass is 19.4. The zero-order chi connectivity index (χ0) is 15.1. The Bertz CT molecular complexity index is 774. The van der Waals surface area contributed by atoms with E-state index in [1.54, 1.807) is 0 Å². The number of fused-ring (bicyclic) bond motifs is 1. The first-order valence-corrected chi connectivity index (χ1v) is 5.69. The number of aliphatic hydroxyl groups excluding tert-OH is 1. The molecule has 0 unspecified atom stereocenters. The summed E-state index contributed by atoms with van der Waals surface area (Å²) in [6, 6.07) is 2.62. The van der Waals surface area contributed by atoms with E-state index in [2.05, 4.69) is 0 Å². The number of aryl methyl sites for hydroxylation is 1. The normalized spacial score (nSPS) is 12.1. The molecule has 0 aliphatic heterocycles. The minimum absolute atomic E-state index is 0.113. The molecule has 1 N–H and O–H groups in total. The van der Waals surface area contributed by atoms with Gasteiger partial charge in [-0.05, 0) is 18.2 Å². The molecule has 8 heteroatoms. The first-order valence-electron chi connectivity index (χ1n) is 5.69. The highest BCUT2D eigenvalue weighted by Gasteiger charge is 2.31. The van der Waals surface area contributed by atoms with Gasteiger partial charge >= 0.3 is 11.9 Å². The average Bonchev–Trinajstić information content (AvgIpc) is 2.39. The Hall–Kier alpha value is -2.09. The molecule has 0 radical (unpaired) electrons. The molecule has 0 atom stereocenters. The minimum Gasteiger partial charge on any atom is -0.395 e. The van der Waals surface area contributed by atoms with Crippen molar-refractivity contribution in [2.75, 3.05) is 6.61 Å². The zero-order valence-corrected chi connectivity index (χ0v) is 10.4. The maximum atomic E-state index is 12.7. The molecule has 0 fully saturated rings. The predicted molar refractivity (Wildman–Crippen MR) is 65.5 cm³/mol. The molecule has 2 aromatic rings. The summed E-state index contributed by atoms with van der Waals surface area (Å²) in [6.07, 6.45) is -4.57. The largest absolute Gasteiger partial charge is 0.416 e. The number of aliphatic hydroxyl groups is 1. The van der Waals surface area contributed by atoms with Crippen molar-refractivity contribution in [3.8, 4) is 0 Å². The molecule has 1 heterocycles. The third-order valence-electron chi connectivity index (χ3n) is 3.00. The maximum Gasteiger partial charge on any atom is 0.416 e. The van der Waals surface area contributed by atoms with Crippen molar-refractivity contribution in [3.05, 3.63) is 44.6 Å². The van der Waals surface area contributed by atoms with Crippen LogP contribution in [0.1, 0.15) is 5.56 Å². The Kier molecular flexibility index (Phi) is 3.43. The van der Waals surface area contributed by atoms with E-state index in [4.69, 9.17) is 5.11 Å². The number of hydrogen-bond donors (Lipinski definition) is 1. The van der Waals surface area contributed by atoms with Gasteiger partial charge in [-0.2, -0.15) is 13.2 Å². The van der Waals surface area contributed by atoms with Gasteiger partial charge in [-0.3, -0.25) is 13.9 Å². The average molecular weight is 288 g/mol. The minimum atomic E-state index is -4.57. The van der Waals surface area contributed by atoms with Crippen LogP contribution in [0.25, 0.3) is 10.9 Å². The van der Waals surface area contributed by atoms with Gasteiger partial charge in [-0.15, -0.1) is 0 Å². The quantitative estimate of drug-likeness (QED) is 0.885. The molecule has 0 bridgehead atoms. The van der Waals surface area contributed by atoms with Gasteiger partial charge in [0, 0.05) is 7.05 Å². The highest BCUT2D eigenvalue weighted by Crippen LogP contribution is 2.30. The first-order chi connectivity index (χ1) is 9.27. The van der Waals surface area contributed by atoms with Crippen molar-refractivity contribution in [2.45, 2.75) is 12.7 Å². The van der Waals surface area contributed by atoms with Crippen molar-refractivity contribution in [2.24, 2.45) is 7.05 Å². The van der Waals surface area contributed by atoms with Crippen LogP contribution in [0.5, 0.6) is 0 Å². The molecule has 0 amide bonds. The molecule has 1 aromatic heterocycles. The van der Waals surface area contributed by atoms with E-state index >= 15 is 0 Å². The SMILES string of the molecule is Cn1c(=O)n(CCO)c(=O)c2cc(C(F)(F)F)ccc21. The molecular weight excluding hydrogens is 277 g/mol. The number of halogens is 3. The van der Waals surface area contributed by atoms with Gasteiger partial charge in [-0.1, -0.05) is 0 Å². The van der Waals surface area contributed by atoms with Crippen molar-refractivity contribution in [1.29, 1.82) is 0 Å². The van der Waals surface area contributed by atoms with Gasteiger partial charge in [0.05, 0.1) is 29.6 Å². The number of aromatic nitrogens is 2. The number of alkyl halides is 3. The number of nitrogens with zero attached hydrogens (tertiary/aromatic N) is 2. The highest BCUT2D eigenvalue weighted by molar-refractivity contribution is 5.78. The van der Waals surface area contributed by atoms with Crippen LogP contribution >= 0.6 is 0 Å². The van der Waals surface area contributed by atoms with Gasteiger partial charge in [0.15, 0.2) is 0 Å². The van der Waals surface area contributed by atoms with Crippen LogP contribution in [-0.4, -0.2) is 20.8 Å². The van der Waals surface area contributed by atoms with Crippen LogP contribution in [0.3, 0.4) is 0 Å². The number of benzene rings is 1. The van der Waals surface area contributed by atoms with Gasteiger partial charge in [-0.25, -0.2) is 4.79 Å². The van der Waals surface area contributed by atoms with Gasteiger partial charge < -0.3 is 5.11 Å². The standard InChI is InChI=1S/C12H11F3N2O3/c1-16-9-3-2-7(12(13,14)15)6-8(9)10(19)17(4-5-18)11(16)20/h2-3,6,18H,4-5H2,1H3. The Labute approximate surface area is 110 Å². The second kappa shape index (κ2) is 4.78. The van der Waals surface area contributed by atoms with Crippen molar-refractivity contribution in [3.63, 3.8) is 0 Å². The molecule has 20 heavy (non-hydrogen) atoms. The van der Waals surface area contributed by atoms with Crippen LogP contribution < -0.4 is 11.2 Å². The fraction of sp³-hybridized carbons (Fsp3) is 0.333. The fourth-order valence-corrected chi connectivity index (χ4v) is 1.99. The summed E-state index contributed by atoms with van der Waals surface area (Å²) in [5, 5.41) is 8.61. The zero-order valence-electron chi connectivity index (χ0n) is 10.4. The van der Waals surface area contributed by atoms with Gasteiger partial charge in [0.2, 0.25) is 0 Å². The van der Waals surface area contributed by atoms with E-state index in [1.807, 2.05) is 0 Å². The third kappa shape index (κ3) is 2.22. The third-order valence-corrected chi connectivity index (χ3v) is 3.00. The second-order valence-electron chi connectivity index (χ2n) is 4.25. The van der Waals surface area contributed by atoms with E-state index in [-0.39, 0.29) is 17.4 Å². The van der Waals surface area contributed by atoms with Crippen LogP contribution in [0.15, 0.2) is 27.8 Å². The summed E-state index contributed by atoms with van der Waals surface area (Å²) >= 11 is 0. The van der Waals surface area contributed by atoms with Gasteiger partial charge in [0.25, 0.3) is 5.56 Å². The lowest BCUT2D eigenvalue weighted by molar-refractivity contribution is -0.137. The van der Waals surface area contributed by atoms with E-state index in [1.165, 1.54) is 7.05 Å². The fourth-order valence-electron chi connectivity index (χ4n) is 1.99. The number of rotatable bonds is 2. The van der Waals surface area contributed by atoms with E-state index < -0.39 is 29.6 Å². The molecular formula is C12H11F3N2O3. The van der Waals surface area contributed by atoms with Gasteiger partial charge in [0.1, 0.15) is 0 Å². The summed E-state index contributed by atoms with van der Waals surface area (Å²) < 4.78 is 39.8. The summed E-state index contributed by atoms with van der Waals surface area (Å²) in [4.78, 5) is 23.9.